The average Bonchev–Trinajstić information content (AvgIpc) is 2.76. The molecule has 0 spiro atoms. The molecule has 1 heterocycles. The van der Waals surface area contributed by atoms with Crippen molar-refractivity contribution in [2.45, 2.75) is 12.6 Å². The number of aliphatic hydroxyl groups excluding tert-OH is 1. The smallest absolute Gasteiger partial charge is 0.254 e. The van der Waals surface area contributed by atoms with E-state index in [0.717, 1.165) is 10.1 Å². The quantitative estimate of drug-likeness (QED) is 0.473. The minimum atomic E-state index is -1.35. The van der Waals surface area contributed by atoms with Gasteiger partial charge in [0.2, 0.25) is 0 Å². The van der Waals surface area contributed by atoms with Gasteiger partial charge < -0.3 is 10.0 Å². The summed E-state index contributed by atoms with van der Waals surface area (Å²) in [6.07, 6.45) is 1.44. The fraction of sp³-hybridized carbons (Fsp3) is 0.174. The molecule has 2 aromatic carbocycles. The molecule has 0 radical (unpaired) electrons. The van der Waals surface area contributed by atoms with Crippen molar-refractivity contribution in [2.75, 3.05) is 13.2 Å². The number of hydrogen-bond acceptors (Lipinski definition) is 4. The van der Waals surface area contributed by atoms with Crippen LogP contribution in [0.5, 0.6) is 0 Å². The van der Waals surface area contributed by atoms with Crippen molar-refractivity contribution < 1.29 is 14.7 Å². The first kappa shape index (κ1) is 20.2. The van der Waals surface area contributed by atoms with E-state index in [4.69, 9.17) is 0 Å². The molecule has 1 atom stereocenters. The van der Waals surface area contributed by atoms with Crippen LogP contribution in [0.1, 0.15) is 22.0 Å². The lowest BCUT2D eigenvalue weighted by atomic mass is 10.0. The van der Waals surface area contributed by atoms with Crippen LogP contribution in [0, 0.1) is 0 Å². The number of amides is 1. The van der Waals surface area contributed by atoms with E-state index < -0.39 is 23.3 Å². The van der Waals surface area contributed by atoms with E-state index >= 15 is 0 Å². The van der Waals surface area contributed by atoms with E-state index in [1.54, 1.807) is 42.5 Å². The Morgan fingerprint density at radius 3 is 2.14 bits per heavy atom. The minimum Gasteiger partial charge on any atom is -0.395 e. The number of Topliss-reactive ketones (excluding diaryl/α,β-unsaturated/α-hetero) is 1. The molecule has 0 unspecified atom stereocenters. The highest BCUT2D eigenvalue weighted by molar-refractivity contribution is 6.11. The number of ketones is 1. The number of aliphatic hydroxyl groups is 1. The summed E-state index contributed by atoms with van der Waals surface area (Å²) in [6, 6.07) is 20.8. The van der Waals surface area contributed by atoms with Crippen LogP contribution in [0.15, 0.2) is 89.9 Å². The zero-order chi connectivity index (χ0) is 20.6. The molecule has 1 aromatic heterocycles. The lowest BCUT2D eigenvalue weighted by Gasteiger charge is -2.27. The molecule has 6 nitrogen and oxygen atoms in total. The zero-order valence-electron chi connectivity index (χ0n) is 15.8. The lowest BCUT2D eigenvalue weighted by Crippen LogP contribution is -2.44. The van der Waals surface area contributed by atoms with Crippen LogP contribution >= 0.6 is 0 Å². The van der Waals surface area contributed by atoms with Gasteiger partial charge in [0.05, 0.1) is 6.61 Å². The highest BCUT2D eigenvalue weighted by atomic mass is 16.3. The van der Waals surface area contributed by atoms with Crippen molar-refractivity contribution >= 4 is 11.7 Å². The van der Waals surface area contributed by atoms with E-state index in [9.17, 15) is 19.5 Å². The van der Waals surface area contributed by atoms with E-state index in [0.29, 0.717) is 5.56 Å². The van der Waals surface area contributed by atoms with Crippen LogP contribution in [-0.4, -0.2) is 39.4 Å². The van der Waals surface area contributed by atoms with Gasteiger partial charge in [0.1, 0.15) is 0 Å². The molecule has 29 heavy (non-hydrogen) atoms. The number of aromatic nitrogens is 1. The highest BCUT2D eigenvalue weighted by Gasteiger charge is 2.33. The van der Waals surface area contributed by atoms with Crippen molar-refractivity contribution in [2.24, 2.45) is 0 Å². The largest absolute Gasteiger partial charge is 0.395 e. The van der Waals surface area contributed by atoms with E-state index in [1.807, 2.05) is 30.3 Å². The molecule has 0 aliphatic rings. The first-order valence-corrected chi connectivity index (χ1v) is 9.32. The fourth-order valence-electron chi connectivity index (χ4n) is 3.14. The van der Waals surface area contributed by atoms with Gasteiger partial charge in [-0.05, 0) is 11.6 Å². The maximum absolute atomic E-state index is 13.4. The average molecular weight is 390 g/mol. The summed E-state index contributed by atoms with van der Waals surface area (Å²) in [5.74, 6) is -1.01. The van der Waals surface area contributed by atoms with Crippen molar-refractivity contribution in [3.05, 3.63) is 107 Å². The number of benzene rings is 2. The summed E-state index contributed by atoms with van der Waals surface area (Å²) >= 11 is 0. The second-order valence-corrected chi connectivity index (χ2v) is 6.55. The van der Waals surface area contributed by atoms with E-state index in [1.165, 1.54) is 17.2 Å². The monoisotopic (exact) mass is 390 g/mol. The SMILES string of the molecule is O=C(c1ccccc1)[C@H](C(=O)N(CCO)Cc1ccccc1)n1ccccc1=O. The van der Waals surface area contributed by atoms with Gasteiger partial charge >= 0.3 is 0 Å². The zero-order valence-corrected chi connectivity index (χ0v) is 15.8. The topological polar surface area (TPSA) is 79.6 Å². The van der Waals surface area contributed by atoms with Crippen LogP contribution in [0.25, 0.3) is 0 Å². The molecule has 0 bridgehead atoms. The number of carbonyl (C=O) groups is 2. The fourth-order valence-corrected chi connectivity index (χ4v) is 3.14. The predicted octanol–water partition coefficient (Wildman–Crippen LogP) is 2.29. The lowest BCUT2D eigenvalue weighted by molar-refractivity contribution is -0.134. The first-order chi connectivity index (χ1) is 14.1. The third-order valence-electron chi connectivity index (χ3n) is 4.57. The van der Waals surface area contributed by atoms with E-state index in [-0.39, 0.29) is 19.7 Å². The van der Waals surface area contributed by atoms with E-state index in [2.05, 4.69) is 0 Å². The highest BCUT2D eigenvalue weighted by Crippen LogP contribution is 2.18. The van der Waals surface area contributed by atoms with Gasteiger partial charge in [-0.2, -0.15) is 0 Å². The molecular formula is C23H22N2O4. The second kappa shape index (κ2) is 9.61. The van der Waals surface area contributed by atoms with Crippen molar-refractivity contribution in [3.63, 3.8) is 0 Å². The standard InChI is InChI=1S/C23H22N2O4/c26-16-15-24(17-18-9-3-1-4-10-18)23(29)21(25-14-8-7-13-20(25)27)22(28)19-11-5-2-6-12-19/h1-14,21,26H,15-17H2/t21-/m1/s1. The third kappa shape index (κ3) is 4.86. The van der Waals surface area contributed by atoms with Gasteiger partial charge in [-0.1, -0.05) is 66.7 Å². The Bertz CT molecular complexity index is 1020. The first-order valence-electron chi connectivity index (χ1n) is 9.32. The molecular weight excluding hydrogens is 368 g/mol. The van der Waals surface area contributed by atoms with Crippen LogP contribution in [-0.2, 0) is 11.3 Å². The van der Waals surface area contributed by atoms with Crippen LogP contribution < -0.4 is 5.56 Å². The molecule has 0 saturated carbocycles. The Morgan fingerprint density at radius 1 is 0.897 bits per heavy atom. The Kier molecular flexibility index (Phi) is 6.71. The van der Waals surface area contributed by atoms with Crippen LogP contribution in [0.4, 0.5) is 0 Å². The maximum atomic E-state index is 13.4. The summed E-state index contributed by atoms with van der Waals surface area (Å²) < 4.78 is 1.15. The Balaban J connectivity index is 2.01. The Morgan fingerprint density at radius 2 is 1.52 bits per heavy atom. The van der Waals surface area contributed by atoms with Crippen molar-refractivity contribution in [1.29, 1.82) is 0 Å². The minimum absolute atomic E-state index is 0.0495. The molecule has 6 heteroatoms. The molecule has 1 amide bonds. The maximum Gasteiger partial charge on any atom is 0.254 e. The summed E-state index contributed by atoms with van der Waals surface area (Å²) in [5.41, 5.74) is 0.754. The third-order valence-corrected chi connectivity index (χ3v) is 4.57. The van der Waals surface area contributed by atoms with Gasteiger partial charge in [-0.25, -0.2) is 0 Å². The van der Waals surface area contributed by atoms with Gasteiger partial charge in [-0.15, -0.1) is 0 Å². The molecule has 0 saturated heterocycles. The van der Waals surface area contributed by atoms with Gasteiger partial charge in [0, 0.05) is 30.9 Å². The summed E-state index contributed by atoms with van der Waals surface area (Å²) in [4.78, 5) is 40.5. The summed E-state index contributed by atoms with van der Waals surface area (Å²) in [7, 11) is 0. The second-order valence-electron chi connectivity index (χ2n) is 6.55. The summed E-state index contributed by atoms with van der Waals surface area (Å²) in [5, 5.41) is 9.48. The van der Waals surface area contributed by atoms with Gasteiger partial charge in [-0.3, -0.25) is 19.0 Å². The van der Waals surface area contributed by atoms with Crippen molar-refractivity contribution in [3.8, 4) is 0 Å². The number of rotatable bonds is 8. The molecule has 3 aromatic rings. The Labute approximate surface area is 168 Å². The number of nitrogens with zero attached hydrogens (tertiary/aromatic N) is 2. The predicted molar refractivity (Wildman–Crippen MR) is 109 cm³/mol. The number of pyridine rings is 1. The molecule has 1 N–H and O–H groups in total. The molecule has 3 rings (SSSR count). The van der Waals surface area contributed by atoms with Gasteiger partial charge in [0.25, 0.3) is 11.5 Å². The summed E-state index contributed by atoms with van der Waals surface area (Å²) in [6.45, 7) is 0.0166. The van der Waals surface area contributed by atoms with Crippen LogP contribution in [0.2, 0.25) is 0 Å². The Hall–Kier alpha value is -3.51. The number of carbonyl (C=O) groups excluding carboxylic acids is 2. The number of hydrogen-bond donors (Lipinski definition) is 1. The molecule has 0 aliphatic heterocycles. The molecule has 148 valence electrons. The molecule has 0 fully saturated rings. The molecule has 0 aliphatic carbocycles. The van der Waals surface area contributed by atoms with Gasteiger partial charge in [0.15, 0.2) is 11.8 Å². The normalized spacial score (nSPS) is 11.6. The van der Waals surface area contributed by atoms with Crippen LogP contribution in [0.3, 0.4) is 0 Å². The van der Waals surface area contributed by atoms with Crippen molar-refractivity contribution in [1.82, 2.24) is 9.47 Å².